The van der Waals surface area contributed by atoms with E-state index in [4.69, 9.17) is 5.14 Å². The Hall–Kier alpha value is -3.16. The number of nitrogens with zero attached hydrogens (tertiary/aromatic N) is 1. The molecule has 3 N–H and O–H groups in total. The number of urea groups is 1. The van der Waals surface area contributed by atoms with Gasteiger partial charge in [-0.3, -0.25) is 0 Å². The van der Waals surface area contributed by atoms with Crippen LogP contribution < -0.4 is 10.5 Å². The molecule has 6 nitrogen and oxygen atoms in total. The summed E-state index contributed by atoms with van der Waals surface area (Å²) in [5, 5.41) is 10.4. The minimum atomic E-state index is -3.85. The van der Waals surface area contributed by atoms with Crippen molar-refractivity contribution in [2.45, 2.75) is 18.2 Å². The van der Waals surface area contributed by atoms with E-state index in [0.29, 0.717) is 24.3 Å². The molecule has 0 aromatic heterocycles. The Labute approximate surface area is 176 Å². The number of aryl methyl sites for hydroxylation is 1. The lowest BCUT2D eigenvalue weighted by Crippen LogP contribution is -2.38. The van der Waals surface area contributed by atoms with E-state index in [2.05, 4.69) is 41.7 Å². The van der Waals surface area contributed by atoms with Crippen LogP contribution in [-0.4, -0.2) is 32.4 Å². The molecule has 2 amide bonds. The number of amides is 2. The van der Waals surface area contributed by atoms with E-state index < -0.39 is 10.0 Å². The second kappa shape index (κ2) is 7.93. The summed E-state index contributed by atoms with van der Waals surface area (Å²) in [6, 6.07) is 19.0. The Morgan fingerprint density at radius 2 is 1.83 bits per heavy atom. The number of primary sulfonamides is 1. The quantitative estimate of drug-likeness (QED) is 0.666. The topological polar surface area (TPSA) is 92.5 Å². The molecular weight excluding hydrogens is 398 g/mol. The van der Waals surface area contributed by atoms with Crippen molar-refractivity contribution in [2.75, 3.05) is 18.4 Å². The molecule has 3 aromatic rings. The summed E-state index contributed by atoms with van der Waals surface area (Å²) in [7, 11) is -3.85. The minimum absolute atomic E-state index is 0.0112. The van der Waals surface area contributed by atoms with Gasteiger partial charge in [-0.1, -0.05) is 54.6 Å². The van der Waals surface area contributed by atoms with Crippen LogP contribution in [0.4, 0.5) is 10.5 Å². The molecular formula is C23H23N3O3S. The number of carbonyl (C=O) groups excluding carboxylic acids is 1. The first-order valence-corrected chi connectivity index (χ1v) is 11.2. The first-order chi connectivity index (χ1) is 14.3. The summed E-state index contributed by atoms with van der Waals surface area (Å²) < 4.78 is 23.4. The summed E-state index contributed by atoms with van der Waals surface area (Å²) >= 11 is 0. The molecule has 7 heteroatoms. The fourth-order valence-corrected chi connectivity index (χ4v) is 4.60. The van der Waals surface area contributed by atoms with E-state index in [9.17, 15) is 13.2 Å². The molecule has 0 radical (unpaired) electrons. The summed E-state index contributed by atoms with van der Waals surface area (Å²) in [5.41, 5.74) is 3.36. The maximum absolute atomic E-state index is 12.7. The van der Waals surface area contributed by atoms with Gasteiger partial charge in [0.15, 0.2) is 0 Å². The molecule has 0 bridgehead atoms. The van der Waals surface area contributed by atoms with Gasteiger partial charge in [0, 0.05) is 18.8 Å². The number of anilines is 1. The molecule has 1 heterocycles. The van der Waals surface area contributed by atoms with Gasteiger partial charge in [0.2, 0.25) is 10.0 Å². The van der Waals surface area contributed by atoms with Crippen LogP contribution in [0.1, 0.15) is 17.5 Å². The Kier molecular flexibility index (Phi) is 5.32. The third kappa shape index (κ3) is 4.08. The Morgan fingerprint density at radius 1 is 1.07 bits per heavy atom. The van der Waals surface area contributed by atoms with Crippen molar-refractivity contribution in [1.82, 2.24) is 4.90 Å². The second-order valence-corrected chi connectivity index (χ2v) is 8.94. The van der Waals surface area contributed by atoms with Crippen molar-refractivity contribution in [3.63, 3.8) is 0 Å². The van der Waals surface area contributed by atoms with Crippen molar-refractivity contribution in [1.29, 1.82) is 0 Å². The number of benzene rings is 3. The largest absolute Gasteiger partial charge is 0.322 e. The Balaban J connectivity index is 1.50. The molecule has 3 aromatic carbocycles. The van der Waals surface area contributed by atoms with Crippen molar-refractivity contribution in [2.24, 2.45) is 5.14 Å². The molecule has 0 saturated carbocycles. The average Bonchev–Trinajstić information content (AvgIpc) is 2.74. The van der Waals surface area contributed by atoms with Crippen LogP contribution in [0.5, 0.6) is 0 Å². The molecule has 0 spiro atoms. The number of hydrogen-bond acceptors (Lipinski definition) is 3. The highest BCUT2D eigenvalue weighted by Gasteiger charge is 2.20. The first kappa shape index (κ1) is 20.1. The second-order valence-electron chi connectivity index (χ2n) is 7.41. The molecule has 4 rings (SSSR count). The predicted molar refractivity (Wildman–Crippen MR) is 120 cm³/mol. The number of sulfonamides is 1. The Bertz CT molecular complexity index is 1260. The standard InChI is InChI=1S/C23H23N3O3S/c1-16-9-10-19(15-22(16)30(24,28)29)25-23(27)26-13-11-18(12-14-26)21-8-4-6-17-5-2-3-7-20(17)21/h2-11,15H,12-14H2,1H3,(H,25,27)(H2,24,28,29). The smallest absolute Gasteiger partial charge is 0.320 e. The number of carbonyl (C=O) groups is 1. The SMILES string of the molecule is Cc1ccc(NC(=O)N2CC=C(c3cccc4ccccc34)CC2)cc1S(N)(=O)=O. The van der Waals surface area contributed by atoms with Crippen LogP contribution in [-0.2, 0) is 10.0 Å². The molecule has 0 aliphatic carbocycles. The lowest BCUT2D eigenvalue weighted by Gasteiger charge is -2.27. The highest BCUT2D eigenvalue weighted by atomic mass is 32.2. The first-order valence-electron chi connectivity index (χ1n) is 9.69. The third-order valence-electron chi connectivity index (χ3n) is 5.38. The maximum atomic E-state index is 12.7. The van der Waals surface area contributed by atoms with E-state index in [1.54, 1.807) is 24.0 Å². The van der Waals surface area contributed by atoms with Crippen molar-refractivity contribution in [3.8, 4) is 0 Å². The molecule has 154 valence electrons. The summed E-state index contributed by atoms with van der Waals surface area (Å²) in [6.07, 6.45) is 2.83. The molecule has 30 heavy (non-hydrogen) atoms. The van der Waals surface area contributed by atoms with Gasteiger partial charge >= 0.3 is 6.03 Å². The van der Waals surface area contributed by atoms with Crippen LogP contribution in [0.2, 0.25) is 0 Å². The lowest BCUT2D eigenvalue weighted by atomic mass is 9.94. The summed E-state index contributed by atoms with van der Waals surface area (Å²) in [6.45, 7) is 2.72. The van der Waals surface area contributed by atoms with E-state index in [1.807, 2.05) is 12.1 Å². The monoisotopic (exact) mass is 421 g/mol. The maximum Gasteiger partial charge on any atom is 0.322 e. The number of rotatable bonds is 3. The van der Waals surface area contributed by atoms with Crippen molar-refractivity contribution >= 4 is 38.1 Å². The average molecular weight is 422 g/mol. The van der Waals surface area contributed by atoms with Gasteiger partial charge in [0.1, 0.15) is 0 Å². The van der Waals surface area contributed by atoms with Crippen LogP contribution in [0.15, 0.2) is 71.6 Å². The zero-order valence-electron chi connectivity index (χ0n) is 16.6. The zero-order chi connectivity index (χ0) is 21.3. The number of fused-ring (bicyclic) bond motifs is 1. The van der Waals surface area contributed by atoms with Crippen molar-refractivity contribution in [3.05, 3.63) is 77.9 Å². The van der Waals surface area contributed by atoms with Crippen LogP contribution >= 0.6 is 0 Å². The molecule has 0 fully saturated rings. The molecule has 1 aliphatic heterocycles. The fourth-order valence-electron chi connectivity index (χ4n) is 3.79. The highest BCUT2D eigenvalue weighted by Crippen LogP contribution is 2.29. The van der Waals surface area contributed by atoms with Gasteiger partial charge in [-0.05, 0) is 52.9 Å². The van der Waals surface area contributed by atoms with E-state index in [-0.39, 0.29) is 10.9 Å². The van der Waals surface area contributed by atoms with Crippen LogP contribution in [0.3, 0.4) is 0 Å². The lowest BCUT2D eigenvalue weighted by molar-refractivity contribution is 0.217. The molecule has 0 atom stereocenters. The van der Waals surface area contributed by atoms with E-state index >= 15 is 0 Å². The van der Waals surface area contributed by atoms with Gasteiger partial charge in [-0.15, -0.1) is 0 Å². The molecule has 0 saturated heterocycles. The van der Waals surface area contributed by atoms with Gasteiger partial charge in [-0.25, -0.2) is 18.4 Å². The van der Waals surface area contributed by atoms with Gasteiger partial charge in [0.25, 0.3) is 0 Å². The van der Waals surface area contributed by atoms with Crippen LogP contribution in [0.25, 0.3) is 16.3 Å². The molecule has 0 unspecified atom stereocenters. The van der Waals surface area contributed by atoms with E-state index in [1.165, 1.54) is 28.0 Å². The van der Waals surface area contributed by atoms with Gasteiger partial charge < -0.3 is 10.2 Å². The van der Waals surface area contributed by atoms with Crippen molar-refractivity contribution < 1.29 is 13.2 Å². The minimum Gasteiger partial charge on any atom is -0.320 e. The zero-order valence-corrected chi connectivity index (χ0v) is 17.4. The highest BCUT2D eigenvalue weighted by molar-refractivity contribution is 7.89. The van der Waals surface area contributed by atoms with E-state index in [0.717, 1.165) is 6.42 Å². The number of nitrogens with one attached hydrogen (secondary N) is 1. The predicted octanol–water partition coefficient (Wildman–Crippen LogP) is 4.12. The third-order valence-corrected chi connectivity index (χ3v) is 6.43. The normalized spacial score (nSPS) is 14.5. The number of nitrogens with two attached hydrogens (primary N) is 1. The van der Waals surface area contributed by atoms with Gasteiger partial charge in [-0.2, -0.15) is 0 Å². The molecule has 1 aliphatic rings. The summed E-state index contributed by atoms with van der Waals surface area (Å²) in [4.78, 5) is 14.4. The van der Waals surface area contributed by atoms with Crippen LogP contribution in [0, 0.1) is 6.92 Å². The van der Waals surface area contributed by atoms with Gasteiger partial charge in [0.05, 0.1) is 4.90 Å². The fraction of sp³-hybridized carbons (Fsp3) is 0.174. The number of hydrogen-bond donors (Lipinski definition) is 2. The summed E-state index contributed by atoms with van der Waals surface area (Å²) in [5.74, 6) is 0. The Morgan fingerprint density at radius 3 is 2.57 bits per heavy atom.